The monoisotopic (exact) mass is 342 g/mol. The number of hydrogen-bond acceptors (Lipinski definition) is 5. The second-order valence-corrected chi connectivity index (χ2v) is 5.84. The van der Waals surface area contributed by atoms with Crippen LogP contribution in [-0.2, 0) is 11.2 Å². The van der Waals surface area contributed by atoms with E-state index in [0.29, 0.717) is 18.4 Å². The van der Waals surface area contributed by atoms with Gasteiger partial charge in [-0.15, -0.1) is 0 Å². The van der Waals surface area contributed by atoms with E-state index in [4.69, 9.17) is 4.74 Å². The molecule has 1 heterocycles. The highest BCUT2D eigenvalue weighted by molar-refractivity contribution is 5.77. The van der Waals surface area contributed by atoms with Crippen LogP contribution in [0.3, 0.4) is 0 Å². The number of carbonyl (C=O) groups excluding carboxylic acids is 1. The number of hydrogen-bond donors (Lipinski definition) is 2. The third-order valence-corrected chi connectivity index (χ3v) is 3.63. The molecule has 2 N–H and O–H groups in total. The van der Waals surface area contributed by atoms with Gasteiger partial charge in [-0.3, -0.25) is 4.79 Å². The summed E-state index contributed by atoms with van der Waals surface area (Å²) in [5.41, 5.74) is 2.93. The lowest BCUT2D eigenvalue weighted by atomic mass is 10.1. The molecule has 0 aliphatic rings. The van der Waals surface area contributed by atoms with Gasteiger partial charge in [0.05, 0.1) is 0 Å². The number of aryl methyl sites for hydroxylation is 2. The zero-order valence-corrected chi connectivity index (χ0v) is 15.1. The standard InChI is InChI=1S/C19H26N4O2/c1-4-6-10-20-17(24)13-25-18-11-14(3)21-19(23-18)22-16-9-7-8-15(5-2)12-16/h7-9,11-12H,4-6,10,13H2,1-3H3,(H,20,24)(H,21,22,23). The van der Waals surface area contributed by atoms with Crippen molar-refractivity contribution >= 4 is 17.5 Å². The number of rotatable bonds is 9. The average molecular weight is 342 g/mol. The minimum absolute atomic E-state index is 0.0507. The Labute approximate surface area is 149 Å². The van der Waals surface area contributed by atoms with E-state index >= 15 is 0 Å². The Bertz CT molecular complexity index is 704. The van der Waals surface area contributed by atoms with Crippen LogP contribution in [0.25, 0.3) is 0 Å². The number of nitrogens with zero attached hydrogens (tertiary/aromatic N) is 2. The Hall–Kier alpha value is -2.63. The minimum atomic E-state index is -0.144. The van der Waals surface area contributed by atoms with E-state index in [-0.39, 0.29) is 12.5 Å². The van der Waals surface area contributed by atoms with Crippen molar-refractivity contribution in [2.24, 2.45) is 0 Å². The topological polar surface area (TPSA) is 76.1 Å². The van der Waals surface area contributed by atoms with Gasteiger partial charge in [-0.2, -0.15) is 4.98 Å². The minimum Gasteiger partial charge on any atom is -0.467 e. The lowest BCUT2D eigenvalue weighted by molar-refractivity contribution is -0.123. The maximum Gasteiger partial charge on any atom is 0.258 e. The fourth-order valence-corrected chi connectivity index (χ4v) is 2.26. The molecule has 0 atom stereocenters. The van der Waals surface area contributed by atoms with E-state index < -0.39 is 0 Å². The Morgan fingerprint density at radius 3 is 2.80 bits per heavy atom. The average Bonchev–Trinajstić information content (AvgIpc) is 2.60. The summed E-state index contributed by atoms with van der Waals surface area (Å²) in [7, 11) is 0. The van der Waals surface area contributed by atoms with Crippen LogP contribution in [0.2, 0.25) is 0 Å². The molecule has 1 aromatic heterocycles. The molecule has 2 aromatic rings. The smallest absolute Gasteiger partial charge is 0.258 e. The van der Waals surface area contributed by atoms with E-state index in [0.717, 1.165) is 30.6 Å². The number of anilines is 2. The highest BCUT2D eigenvalue weighted by Gasteiger charge is 2.07. The first-order valence-corrected chi connectivity index (χ1v) is 8.71. The number of aromatic nitrogens is 2. The summed E-state index contributed by atoms with van der Waals surface area (Å²) in [6, 6.07) is 9.82. The number of nitrogens with one attached hydrogen (secondary N) is 2. The second-order valence-electron chi connectivity index (χ2n) is 5.84. The predicted molar refractivity (Wildman–Crippen MR) is 99.3 cm³/mol. The van der Waals surface area contributed by atoms with Crippen molar-refractivity contribution in [2.45, 2.75) is 40.0 Å². The van der Waals surface area contributed by atoms with Crippen LogP contribution in [0.1, 0.15) is 37.9 Å². The lowest BCUT2D eigenvalue weighted by Gasteiger charge is -2.10. The first-order valence-electron chi connectivity index (χ1n) is 8.71. The van der Waals surface area contributed by atoms with E-state index in [1.807, 2.05) is 19.1 Å². The fourth-order valence-electron chi connectivity index (χ4n) is 2.26. The number of ether oxygens (including phenoxy) is 1. The summed E-state index contributed by atoms with van der Waals surface area (Å²) in [6.07, 6.45) is 2.97. The molecule has 0 aliphatic heterocycles. The molecule has 134 valence electrons. The Kier molecular flexibility index (Phi) is 7.19. The number of amides is 1. The van der Waals surface area contributed by atoms with Crippen molar-refractivity contribution in [3.05, 3.63) is 41.6 Å². The molecule has 25 heavy (non-hydrogen) atoms. The second kappa shape index (κ2) is 9.61. The van der Waals surface area contributed by atoms with Crippen molar-refractivity contribution in [1.82, 2.24) is 15.3 Å². The van der Waals surface area contributed by atoms with Crippen LogP contribution in [0.4, 0.5) is 11.6 Å². The van der Waals surface area contributed by atoms with E-state index in [9.17, 15) is 4.79 Å². The summed E-state index contributed by atoms with van der Waals surface area (Å²) in [4.78, 5) is 20.4. The zero-order valence-electron chi connectivity index (χ0n) is 15.1. The third kappa shape index (κ3) is 6.41. The van der Waals surface area contributed by atoms with Crippen LogP contribution in [0, 0.1) is 6.92 Å². The Morgan fingerprint density at radius 2 is 2.04 bits per heavy atom. The van der Waals surface area contributed by atoms with Gasteiger partial charge in [0.25, 0.3) is 5.91 Å². The lowest BCUT2D eigenvalue weighted by Crippen LogP contribution is -2.29. The van der Waals surface area contributed by atoms with Gasteiger partial charge < -0.3 is 15.4 Å². The van der Waals surface area contributed by atoms with Crippen molar-refractivity contribution < 1.29 is 9.53 Å². The van der Waals surface area contributed by atoms with Crippen LogP contribution < -0.4 is 15.4 Å². The first kappa shape index (κ1) is 18.7. The third-order valence-electron chi connectivity index (χ3n) is 3.63. The molecule has 0 spiro atoms. The van der Waals surface area contributed by atoms with Gasteiger partial charge in [0.15, 0.2) is 6.61 Å². The summed E-state index contributed by atoms with van der Waals surface area (Å²) in [5, 5.41) is 6.00. The zero-order chi connectivity index (χ0) is 18.1. The Balaban J connectivity index is 1.98. The van der Waals surface area contributed by atoms with Crippen molar-refractivity contribution in [1.29, 1.82) is 0 Å². The SMILES string of the molecule is CCCCNC(=O)COc1cc(C)nc(Nc2cccc(CC)c2)n1. The largest absolute Gasteiger partial charge is 0.467 e. The first-order chi connectivity index (χ1) is 12.1. The van der Waals surface area contributed by atoms with Crippen molar-refractivity contribution in [2.75, 3.05) is 18.5 Å². The summed E-state index contributed by atoms with van der Waals surface area (Å²) in [6.45, 7) is 6.67. The van der Waals surface area contributed by atoms with Gasteiger partial charge in [0.2, 0.25) is 11.8 Å². The molecular weight excluding hydrogens is 316 g/mol. The molecule has 1 amide bonds. The Morgan fingerprint density at radius 1 is 1.20 bits per heavy atom. The molecule has 0 fully saturated rings. The molecule has 6 heteroatoms. The van der Waals surface area contributed by atoms with Crippen LogP contribution in [-0.4, -0.2) is 29.0 Å². The van der Waals surface area contributed by atoms with Gasteiger partial charge in [-0.05, 0) is 37.5 Å². The summed E-state index contributed by atoms with van der Waals surface area (Å²) in [5.74, 6) is 0.691. The maximum absolute atomic E-state index is 11.7. The summed E-state index contributed by atoms with van der Waals surface area (Å²) < 4.78 is 5.50. The molecule has 0 aliphatic carbocycles. The van der Waals surface area contributed by atoms with Crippen molar-refractivity contribution in [3.63, 3.8) is 0 Å². The molecular formula is C19H26N4O2. The predicted octanol–water partition coefficient (Wildman–Crippen LogP) is 3.39. The molecule has 0 saturated carbocycles. The molecule has 0 bridgehead atoms. The molecule has 1 aromatic carbocycles. The highest BCUT2D eigenvalue weighted by Crippen LogP contribution is 2.18. The van der Waals surface area contributed by atoms with Gasteiger partial charge in [0, 0.05) is 24.0 Å². The number of benzene rings is 1. The maximum atomic E-state index is 11.7. The molecule has 6 nitrogen and oxygen atoms in total. The normalized spacial score (nSPS) is 10.4. The van der Waals surface area contributed by atoms with Gasteiger partial charge >= 0.3 is 0 Å². The van der Waals surface area contributed by atoms with Gasteiger partial charge in [-0.1, -0.05) is 32.4 Å². The van der Waals surface area contributed by atoms with Crippen molar-refractivity contribution in [3.8, 4) is 5.88 Å². The van der Waals surface area contributed by atoms with E-state index in [1.165, 1.54) is 5.56 Å². The highest BCUT2D eigenvalue weighted by atomic mass is 16.5. The van der Waals surface area contributed by atoms with Gasteiger partial charge in [-0.25, -0.2) is 4.98 Å². The molecule has 0 saturated heterocycles. The number of carbonyl (C=O) groups is 1. The molecule has 2 rings (SSSR count). The van der Waals surface area contributed by atoms with E-state index in [2.05, 4.69) is 46.6 Å². The molecule has 0 unspecified atom stereocenters. The van der Waals surface area contributed by atoms with Crippen LogP contribution in [0.5, 0.6) is 5.88 Å². The van der Waals surface area contributed by atoms with Crippen LogP contribution in [0.15, 0.2) is 30.3 Å². The van der Waals surface area contributed by atoms with Gasteiger partial charge in [0.1, 0.15) is 0 Å². The van der Waals surface area contributed by atoms with E-state index in [1.54, 1.807) is 6.07 Å². The molecule has 0 radical (unpaired) electrons. The number of unbranched alkanes of at least 4 members (excludes halogenated alkanes) is 1. The van der Waals surface area contributed by atoms with Crippen LogP contribution >= 0.6 is 0 Å². The quantitative estimate of drug-likeness (QED) is 0.683. The fraction of sp³-hybridized carbons (Fsp3) is 0.421. The summed E-state index contributed by atoms with van der Waals surface area (Å²) >= 11 is 0.